The van der Waals surface area contributed by atoms with Gasteiger partial charge in [0.1, 0.15) is 0 Å². The molecule has 0 saturated carbocycles. The molecule has 1 aromatic carbocycles. The fraction of sp³-hybridized carbons (Fsp3) is 0.538. The minimum atomic E-state index is -4.26. The van der Waals surface area contributed by atoms with Gasteiger partial charge in [0.15, 0.2) is 0 Å². The second-order valence-electron chi connectivity index (χ2n) is 4.79. The van der Waals surface area contributed by atoms with E-state index in [-0.39, 0.29) is 0 Å². The summed E-state index contributed by atoms with van der Waals surface area (Å²) in [7, 11) is 1.92. The number of hydrogen-bond donors (Lipinski definition) is 0. The van der Waals surface area contributed by atoms with Crippen molar-refractivity contribution >= 4 is 0 Å². The molecule has 1 nitrogen and oxygen atoms in total. The normalized spacial score (nSPS) is 12.5. The van der Waals surface area contributed by atoms with E-state index in [1.807, 2.05) is 11.9 Å². The van der Waals surface area contributed by atoms with Gasteiger partial charge >= 0.3 is 6.18 Å². The minimum Gasteiger partial charge on any atom is -0.302 e. The Hall–Kier alpha value is -1.03. The largest absolute Gasteiger partial charge is 0.416 e. The number of alkyl halides is 3. The first kappa shape index (κ1) is 14.0. The lowest BCUT2D eigenvalue weighted by molar-refractivity contribution is -0.137. The molecule has 0 aliphatic carbocycles. The Kier molecular flexibility index (Phi) is 4.57. The maximum absolute atomic E-state index is 12.5. The summed E-state index contributed by atoms with van der Waals surface area (Å²) < 4.78 is 37.5. The second-order valence-corrected chi connectivity index (χ2v) is 4.79. The van der Waals surface area contributed by atoms with Crippen LogP contribution in [0.1, 0.15) is 25.0 Å². The van der Waals surface area contributed by atoms with Gasteiger partial charge in [-0.15, -0.1) is 0 Å². The van der Waals surface area contributed by atoms with Crippen LogP contribution in [-0.2, 0) is 12.7 Å². The van der Waals surface area contributed by atoms with Crippen molar-refractivity contribution < 1.29 is 13.2 Å². The average molecular weight is 245 g/mol. The Morgan fingerprint density at radius 1 is 1.24 bits per heavy atom. The highest BCUT2D eigenvalue weighted by atomic mass is 19.4. The Labute approximate surface area is 100 Å². The molecule has 1 aromatic rings. The molecule has 0 heterocycles. The van der Waals surface area contributed by atoms with Crippen LogP contribution in [0.3, 0.4) is 0 Å². The Bertz CT molecular complexity index is 358. The van der Waals surface area contributed by atoms with E-state index in [0.717, 1.165) is 12.6 Å². The van der Waals surface area contributed by atoms with Crippen LogP contribution < -0.4 is 0 Å². The molecule has 0 saturated heterocycles. The maximum atomic E-state index is 12.5. The summed E-state index contributed by atoms with van der Waals surface area (Å²) in [5.74, 6) is 0.505. The summed E-state index contributed by atoms with van der Waals surface area (Å²) in [4.78, 5) is 2.03. The van der Waals surface area contributed by atoms with Crippen LogP contribution in [0.2, 0.25) is 0 Å². The van der Waals surface area contributed by atoms with Crippen LogP contribution in [0, 0.1) is 5.92 Å². The minimum absolute atomic E-state index is 0.505. The van der Waals surface area contributed by atoms with Gasteiger partial charge in [-0.3, -0.25) is 0 Å². The fourth-order valence-electron chi connectivity index (χ4n) is 1.85. The SMILES string of the molecule is CC(C)CN(C)Cc1cccc(C(F)(F)F)c1. The maximum Gasteiger partial charge on any atom is 0.416 e. The third kappa shape index (κ3) is 4.77. The van der Waals surface area contributed by atoms with Gasteiger partial charge in [-0.2, -0.15) is 13.2 Å². The zero-order valence-electron chi connectivity index (χ0n) is 10.4. The molecule has 17 heavy (non-hydrogen) atoms. The van der Waals surface area contributed by atoms with Crippen LogP contribution in [0.4, 0.5) is 13.2 Å². The highest BCUT2D eigenvalue weighted by molar-refractivity contribution is 5.25. The number of halogens is 3. The lowest BCUT2D eigenvalue weighted by atomic mass is 10.1. The van der Waals surface area contributed by atoms with Crippen LogP contribution in [-0.4, -0.2) is 18.5 Å². The lowest BCUT2D eigenvalue weighted by Crippen LogP contribution is -2.22. The van der Waals surface area contributed by atoms with Crippen molar-refractivity contribution in [3.8, 4) is 0 Å². The van der Waals surface area contributed by atoms with Crippen LogP contribution in [0.5, 0.6) is 0 Å². The summed E-state index contributed by atoms with van der Waals surface area (Å²) >= 11 is 0. The smallest absolute Gasteiger partial charge is 0.302 e. The molecule has 0 aliphatic heterocycles. The van der Waals surface area contributed by atoms with Crippen LogP contribution in [0.15, 0.2) is 24.3 Å². The molecule has 0 N–H and O–H groups in total. The van der Waals surface area contributed by atoms with E-state index in [1.54, 1.807) is 6.07 Å². The van der Waals surface area contributed by atoms with Crippen molar-refractivity contribution in [3.63, 3.8) is 0 Å². The number of rotatable bonds is 4. The van der Waals surface area contributed by atoms with E-state index in [9.17, 15) is 13.2 Å². The van der Waals surface area contributed by atoms with E-state index in [0.29, 0.717) is 18.0 Å². The summed E-state index contributed by atoms with van der Waals surface area (Å²) in [6.07, 6.45) is -4.26. The van der Waals surface area contributed by atoms with Crippen molar-refractivity contribution in [2.75, 3.05) is 13.6 Å². The van der Waals surface area contributed by atoms with Crippen molar-refractivity contribution in [3.05, 3.63) is 35.4 Å². The summed E-state index contributed by atoms with van der Waals surface area (Å²) in [5.41, 5.74) is 0.121. The molecule has 0 aromatic heterocycles. The van der Waals surface area contributed by atoms with Gasteiger partial charge in [0.2, 0.25) is 0 Å². The zero-order chi connectivity index (χ0) is 13.1. The van der Waals surface area contributed by atoms with Gasteiger partial charge in [0, 0.05) is 13.1 Å². The highest BCUT2D eigenvalue weighted by Gasteiger charge is 2.30. The molecular weight excluding hydrogens is 227 g/mol. The van der Waals surface area contributed by atoms with E-state index in [1.165, 1.54) is 12.1 Å². The third-order valence-electron chi connectivity index (χ3n) is 2.38. The first-order chi connectivity index (χ1) is 7.79. The van der Waals surface area contributed by atoms with Crippen molar-refractivity contribution in [1.29, 1.82) is 0 Å². The molecule has 96 valence electrons. The van der Waals surface area contributed by atoms with E-state index < -0.39 is 11.7 Å². The predicted molar refractivity (Wildman–Crippen MR) is 62.6 cm³/mol. The van der Waals surface area contributed by atoms with Crippen LogP contribution >= 0.6 is 0 Å². The first-order valence-corrected chi connectivity index (χ1v) is 5.63. The first-order valence-electron chi connectivity index (χ1n) is 5.63. The van der Waals surface area contributed by atoms with Gasteiger partial charge in [0.25, 0.3) is 0 Å². The summed E-state index contributed by atoms with van der Waals surface area (Å²) in [6.45, 7) is 5.59. The van der Waals surface area contributed by atoms with E-state index in [2.05, 4.69) is 13.8 Å². The molecule has 0 bridgehead atoms. The van der Waals surface area contributed by atoms with E-state index >= 15 is 0 Å². The molecule has 0 spiro atoms. The molecule has 4 heteroatoms. The van der Waals surface area contributed by atoms with Crippen molar-refractivity contribution in [2.24, 2.45) is 5.92 Å². The summed E-state index contributed by atoms with van der Waals surface area (Å²) in [6, 6.07) is 5.51. The fourth-order valence-corrected chi connectivity index (χ4v) is 1.85. The van der Waals surface area contributed by atoms with Crippen molar-refractivity contribution in [2.45, 2.75) is 26.6 Å². The third-order valence-corrected chi connectivity index (χ3v) is 2.38. The topological polar surface area (TPSA) is 3.24 Å². The number of hydrogen-bond acceptors (Lipinski definition) is 1. The van der Waals surface area contributed by atoms with Crippen molar-refractivity contribution in [1.82, 2.24) is 4.90 Å². The molecule has 0 fully saturated rings. The Balaban J connectivity index is 2.72. The standard InChI is InChI=1S/C13H18F3N/c1-10(2)8-17(3)9-11-5-4-6-12(7-11)13(14,15)16/h4-7,10H,8-9H2,1-3H3. The average Bonchev–Trinajstić information content (AvgIpc) is 2.15. The highest BCUT2D eigenvalue weighted by Crippen LogP contribution is 2.29. The molecule has 0 radical (unpaired) electrons. The van der Waals surface area contributed by atoms with Gasteiger partial charge in [-0.05, 0) is 24.6 Å². The summed E-state index contributed by atoms with van der Waals surface area (Å²) in [5, 5.41) is 0. The van der Waals surface area contributed by atoms with Crippen LogP contribution in [0.25, 0.3) is 0 Å². The Morgan fingerprint density at radius 2 is 1.88 bits per heavy atom. The molecule has 0 aliphatic rings. The zero-order valence-corrected chi connectivity index (χ0v) is 10.4. The predicted octanol–water partition coefficient (Wildman–Crippen LogP) is 3.79. The monoisotopic (exact) mass is 245 g/mol. The molecule has 0 amide bonds. The van der Waals surface area contributed by atoms with Gasteiger partial charge in [-0.1, -0.05) is 32.0 Å². The van der Waals surface area contributed by atoms with Gasteiger partial charge in [0.05, 0.1) is 5.56 Å². The molecular formula is C13H18F3N. The lowest BCUT2D eigenvalue weighted by Gasteiger charge is -2.19. The second kappa shape index (κ2) is 5.54. The molecule has 0 unspecified atom stereocenters. The van der Waals surface area contributed by atoms with Gasteiger partial charge < -0.3 is 4.90 Å². The Morgan fingerprint density at radius 3 is 2.41 bits per heavy atom. The quantitative estimate of drug-likeness (QED) is 0.780. The number of nitrogens with zero attached hydrogens (tertiary/aromatic N) is 1. The number of benzene rings is 1. The van der Waals surface area contributed by atoms with E-state index in [4.69, 9.17) is 0 Å². The molecule has 1 rings (SSSR count). The van der Waals surface area contributed by atoms with Gasteiger partial charge in [-0.25, -0.2) is 0 Å². The molecule has 0 atom stereocenters.